The van der Waals surface area contributed by atoms with E-state index in [-0.39, 0.29) is 24.4 Å². The van der Waals surface area contributed by atoms with Crippen LogP contribution in [-0.2, 0) is 9.53 Å². The minimum atomic E-state index is -1.25. The summed E-state index contributed by atoms with van der Waals surface area (Å²) in [5.74, 6) is -1.46. The summed E-state index contributed by atoms with van der Waals surface area (Å²) in [5.41, 5.74) is 0.268. The number of benzene rings is 1. The molecule has 1 unspecified atom stereocenters. The highest BCUT2D eigenvalue weighted by atomic mass is 35.5. The lowest BCUT2D eigenvalue weighted by molar-refractivity contribution is -0.873. The van der Waals surface area contributed by atoms with E-state index in [9.17, 15) is 14.7 Å². The number of nitrogens with zero attached hydrogens (tertiary/aromatic N) is 1. The van der Waals surface area contributed by atoms with E-state index in [1.165, 1.54) is 7.11 Å². The SMILES string of the molecule is COc1ccccc1C(=O)OC(CC(=O)[O-])C[N+](C)(C)C.Cl. The first kappa shape index (κ1) is 20.2. The molecule has 22 heavy (non-hydrogen) atoms. The van der Waals surface area contributed by atoms with Gasteiger partial charge in [-0.05, 0) is 12.1 Å². The molecule has 1 rings (SSSR count). The Morgan fingerprint density at radius 2 is 1.82 bits per heavy atom. The van der Waals surface area contributed by atoms with Gasteiger partial charge in [-0.1, -0.05) is 12.1 Å². The molecule has 7 heteroatoms. The molecule has 0 bridgehead atoms. The van der Waals surface area contributed by atoms with E-state index in [0.717, 1.165) is 0 Å². The molecule has 0 N–H and O–H groups in total. The third-order valence-corrected chi connectivity index (χ3v) is 2.75. The number of methoxy groups -OCH3 is 1. The summed E-state index contributed by atoms with van der Waals surface area (Å²) in [6.45, 7) is 0.370. The minimum absolute atomic E-state index is 0. The van der Waals surface area contributed by atoms with Crippen molar-refractivity contribution in [3.05, 3.63) is 29.8 Å². The molecule has 6 nitrogen and oxygen atoms in total. The van der Waals surface area contributed by atoms with E-state index in [0.29, 0.717) is 16.8 Å². The van der Waals surface area contributed by atoms with Crippen molar-refractivity contribution < 1.29 is 28.7 Å². The maximum Gasteiger partial charge on any atom is 0.342 e. The van der Waals surface area contributed by atoms with Crippen molar-refractivity contribution in [3.63, 3.8) is 0 Å². The van der Waals surface area contributed by atoms with Crippen LogP contribution in [0.5, 0.6) is 5.75 Å². The summed E-state index contributed by atoms with van der Waals surface area (Å²) in [6, 6.07) is 6.64. The zero-order valence-corrected chi connectivity index (χ0v) is 14.0. The molecule has 0 radical (unpaired) electrons. The average Bonchev–Trinajstić information content (AvgIpc) is 2.35. The number of carbonyl (C=O) groups is 2. The summed E-state index contributed by atoms with van der Waals surface area (Å²) in [4.78, 5) is 23.0. The van der Waals surface area contributed by atoms with E-state index in [2.05, 4.69) is 0 Å². The van der Waals surface area contributed by atoms with Crippen LogP contribution >= 0.6 is 12.4 Å². The van der Waals surface area contributed by atoms with E-state index in [1.54, 1.807) is 24.3 Å². The van der Waals surface area contributed by atoms with E-state index < -0.39 is 18.0 Å². The lowest BCUT2D eigenvalue weighted by Gasteiger charge is -2.29. The maximum absolute atomic E-state index is 12.2. The molecule has 0 saturated heterocycles. The number of esters is 1. The van der Waals surface area contributed by atoms with Crippen molar-refractivity contribution in [1.82, 2.24) is 0 Å². The van der Waals surface area contributed by atoms with Gasteiger partial charge in [0.2, 0.25) is 0 Å². The highest BCUT2D eigenvalue weighted by Crippen LogP contribution is 2.19. The van der Waals surface area contributed by atoms with Gasteiger partial charge in [-0.15, -0.1) is 12.4 Å². The molecule has 124 valence electrons. The molecule has 1 aromatic carbocycles. The van der Waals surface area contributed by atoms with Crippen LogP contribution in [0.25, 0.3) is 0 Å². The Balaban J connectivity index is 0.00000441. The van der Waals surface area contributed by atoms with Crippen molar-refractivity contribution in [2.45, 2.75) is 12.5 Å². The Hall–Kier alpha value is -1.79. The quantitative estimate of drug-likeness (QED) is 0.537. The summed E-state index contributed by atoms with van der Waals surface area (Å²) in [6.07, 6.45) is -1.09. The smallest absolute Gasteiger partial charge is 0.342 e. The van der Waals surface area contributed by atoms with Gasteiger partial charge in [0.25, 0.3) is 0 Å². The zero-order chi connectivity index (χ0) is 16.0. The first-order valence-corrected chi connectivity index (χ1v) is 6.57. The number of carboxylic acid groups (broad SMARTS) is 1. The number of halogens is 1. The van der Waals surface area contributed by atoms with Gasteiger partial charge in [0.1, 0.15) is 17.9 Å². The van der Waals surface area contributed by atoms with Crippen LogP contribution in [0.2, 0.25) is 0 Å². The number of hydrogen-bond acceptors (Lipinski definition) is 5. The van der Waals surface area contributed by atoms with E-state index >= 15 is 0 Å². The Labute approximate surface area is 136 Å². The van der Waals surface area contributed by atoms with Gasteiger partial charge >= 0.3 is 5.97 Å². The number of ether oxygens (including phenoxy) is 2. The van der Waals surface area contributed by atoms with Gasteiger partial charge < -0.3 is 23.9 Å². The summed E-state index contributed by atoms with van der Waals surface area (Å²) in [7, 11) is 7.12. The third-order valence-electron chi connectivity index (χ3n) is 2.75. The Morgan fingerprint density at radius 1 is 1.23 bits per heavy atom. The second kappa shape index (κ2) is 8.60. The number of para-hydroxylation sites is 1. The molecule has 0 heterocycles. The lowest BCUT2D eigenvalue weighted by Crippen LogP contribution is -2.45. The standard InChI is InChI=1S/C15H21NO5.ClH/c1-16(2,3)10-11(9-14(17)18)21-15(19)12-7-5-6-8-13(12)20-4;/h5-8,11H,9-10H2,1-4H3;1H. The number of carbonyl (C=O) groups excluding carboxylic acids is 2. The number of rotatable bonds is 7. The van der Waals surface area contributed by atoms with E-state index in [4.69, 9.17) is 9.47 Å². The van der Waals surface area contributed by atoms with Gasteiger partial charge in [0.15, 0.2) is 6.10 Å². The number of aliphatic carboxylic acids is 1. The fraction of sp³-hybridized carbons (Fsp3) is 0.467. The molecule has 1 atom stereocenters. The van der Waals surface area contributed by atoms with Gasteiger partial charge in [0, 0.05) is 12.4 Å². The number of quaternary nitrogens is 1. The third kappa shape index (κ3) is 6.78. The van der Waals surface area contributed by atoms with Gasteiger partial charge in [0.05, 0.1) is 28.3 Å². The largest absolute Gasteiger partial charge is 0.550 e. The molecule has 0 fully saturated rings. The van der Waals surface area contributed by atoms with Gasteiger partial charge in [-0.25, -0.2) is 4.79 Å². The van der Waals surface area contributed by atoms with E-state index in [1.807, 2.05) is 21.1 Å². The van der Waals surface area contributed by atoms with Crippen molar-refractivity contribution >= 4 is 24.3 Å². The van der Waals surface area contributed by atoms with Crippen molar-refractivity contribution in [1.29, 1.82) is 0 Å². The molecule has 0 spiro atoms. The first-order chi connectivity index (χ1) is 9.73. The summed E-state index contributed by atoms with van der Waals surface area (Å²) in [5, 5.41) is 10.8. The van der Waals surface area contributed by atoms with Crippen molar-refractivity contribution in [2.24, 2.45) is 0 Å². The fourth-order valence-corrected chi connectivity index (χ4v) is 1.97. The highest BCUT2D eigenvalue weighted by molar-refractivity contribution is 5.92. The Bertz CT molecular complexity index is 513. The minimum Gasteiger partial charge on any atom is -0.550 e. The van der Waals surface area contributed by atoms with Crippen LogP contribution in [-0.4, -0.2) is 57.3 Å². The summed E-state index contributed by atoms with van der Waals surface area (Å²) >= 11 is 0. The first-order valence-electron chi connectivity index (χ1n) is 6.57. The number of hydrogen-bond donors (Lipinski definition) is 0. The second-order valence-corrected chi connectivity index (χ2v) is 5.78. The Kier molecular flexibility index (Phi) is 7.90. The lowest BCUT2D eigenvalue weighted by atomic mass is 10.2. The molecule has 1 aromatic rings. The molecular formula is C15H22ClNO5. The molecular weight excluding hydrogens is 310 g/mol. The van der Waals surface area contributed by atoms with Crippen LogP contribution in [0, 0.1) is 0 Å². The molecule has 0 amide bonds. The molecule has 0 aliphatic rings. The topological polar surface area (TPSA) is 75.7 Å². The zero-order valence-electron chi connectivity index (χ0n) is 13.2. The summed E-state index contributed by atoms with van der Waals surface area (Å²) < 4.78 is 10.9. The molecule has 0 aromatic heterocycles. The van der Waals surface area contributed by atoms with Gasteiger partial charge in [-0.3, -0.25) is 0 Å². The molecule has 0 aliphatic carbocycles. The number of likely N-dealkylation sites (N-methyl/N-ethyl adjacent to an activating group) is 1. The van der Waals surface area contributed by atoms with Crippen LogP contribution in [0.3, 0.4) is 0 Å². The van der Waals surface area contributed by atoms with Crippen molar-refractivity contribution in [3.8, 4) is 5.75 Å². The normalized spacial score (nSPS) is 12.0. The predicted octanol–water partition coefficient (Wildman–Crippen LogP) is 0.489. The monoisotopic (exact) mass is 331 g/mol. The maximum atomic E-state index is 12.2. The van der Waals surface area contributed by atoms with Crippen molar-refractivity contribution in [2.75, 3.05) is 34.8 Å². The van der Waals surface area contributed by atoms with Crippen LogP contribution < -0.4 is 9.84 Å². The van der Waals surface area contributed by atoms with Crippen LogP contribution in [0.1, 0.15) is 16.8 Å². The molecule has 0 saturated carbocycles. The van der Waals surface area contributed by atoms with Crippen LogP contribution in [0.15, 0.2) is 24.3 Å². The van der Waals surface area contributed by atoms with Gasteiger partial charge in [-0.2, -0.15) is 0 Å². The second-order valence-electron chi connectivity index (χ2n) is 5.78. The van der Waals surface area contributed by atoms with Crippen LogP contribution in [0.4, 0.5) is 0 Å². The Morgan fingerprint density at radius 3 is 2.32 bits per heavy atom. The fourth-order valence-electron chi connectivity index (χ4n) is 1.97. The number of carboxylic acids is 1. The highest BCUT2D eigenvalue weighted by Gasteiger charge is 2.24. The predicted molar refractivity (Wildman–Crippen MR) is 82.0 cm³/mol. The average molecular weight is 332 g/mol. The molecule has 0 aliphatic heterocycles.